The highest BCUT2D eigenvalue weighted by Crippen LogP contribution is 2.35. The van der Waals surface area contributed by atoms with Gasteiger partial charge in [-0.25, -0.2) is 9.07 Å². The van der Waals surface area contributed by atoms with Gasteiger partial charge in [0, 0.05) is 50.9 Å². The number of nitrogens with zero attached hydrogens (tertiary/aromatic N) is 5. The van der Waals surface area contributed by atoms with E-state index in [0.29, 0.717) is 12.0 Å². The van der Waals surface area contributed by atoms with Crippen LogP contribution >= 0.6 is 0 Å². The molecule has 1 aliphatic heterocycles. The number of aromatic nitrogens is 2. The van der Waals surface area contributed by atoms with E-state index < -0.39 is 0 Å². The summed E-state index contributed by atoms with van der Waals surface area (Å²) < 4.78 is 15.9. The third-order valence-corrected chi connectivity index (χ3v) is 8.02. The highest BCUT2D eigenvalue weighted by Gasteiger charge is 2.33. The van der Waals surface area contributed by atoms with Gasteiger partial charge in [0.15, 0.2) is 0 Å². The van der Waals surface area contributed by atoms with Crippen LogP contribution in [0.15, 0.2) is 48.5 Å². The molecule has 198 valence electrons. The molecule has 0 unspecified atom stereocenters. The summed E-state index contributed by atoms with van der Waals surface area (Å²) in [5, 5.41) is 5.13. The van der Waals surface area contributed by atoms with E-state index in [0.717, 1.165) is 63.6 Å². The Morgan fingerprint density at radius 2 is 1.59 bits per heavy atom. The van der Waals surface area contributed by atoms with Gasteiger partial charge >= 0.3 is 0 Å². The van der Waals surface area contributed by atoms with Gasteiger partial charge in [-0.05, 0) is 67.1 Å². The van der Waals surface area contributed by atoms with Crippen LogP contribution in [-0.2, 0) is 19.5 Å². The number of aryl methyl sites for hydroxylation is 1. The lowest BCUT2D eigenvalue weighted by atomic mass is 10.0. The van der Waals surface area contributed by atoms with Crippen molar-refractivity contribution >= 4 is 5.82 Å². The largest absolute Gasteiger partial charge is 0.354 e. The van der Waals surface area contributed by atoms with Crippen LogP contribution in [0.25, 0.3) is 5.69 Å². The molecule has 0 N–H and O–H groups in total. The Labute approximate surface area is 221 Å². The van der Waals surface area contributed by atoms with Crippen LogP contribution in [0.1, 0.15) is 68.8 Å². The number of likely N-dealkylation sites (N-methyl/N-ethyl adjacent to an activating group) is 1. The van der Waals surface area contributed by atoms with Crippen molar-refractivity contribution < 1.29 is 4.39 Å². The second kappa shape index (κ2) is 11.4. The molecule has 1 aliphatic carbocycles. The van der Waals surface area contributed by atoms with Crippen LogP contribution < -0.4 is 4.90 Å². The molecule has 2 aliphatic rings. The van der Waals surface area contributed by atoms with Crippen molar-refractivity contribution in [3.63, 3.8) is 0 Å². The van der Waals surface area contributed by atoms with E-state index in [1.165, 1.54) is 35.3 Å². The van der Waals surface area contributed by atoms with Gasteiger partial charge in [-0.2, -0.15) is 5.10 Å². The average molecular weight is 504 g/mol. The molecule has 0 spiro atoms. The van der Waals surface area contributed by atoms with Gasteiger partial charge in [-0.3, -0.25) is 4.90 Å². The van der Waals surface area contributed by atoms with E-state index in [4.69, 9.17) is 5.10 Å². The van der Waals surface area contributed by atoms with Crippen molar-refractivity contribution in [2.24, 2.45) is 0 Å². The fourth-order valence-electron chi connectivity index (χ4n) is 5.49. The summed E-state index contributed by atoms with van der Waals surface area (Å²) in [5.41, 5.74) is 6.18. The minimum Gasteiger partial charge on any atom is -0.354 e. The maximum Gasteiger partial charge on any atom is 0.137 e. The topological polar surface area (TPSA) is 27.5 Å². The second-order valence-corrected chi connectivity index (χ2v) is 10.9. The maximum absolute atomic E-state index is 13.8. The van der Waals surface area contributed by atoms with Crippen molar-refractivity contribution in [1.29, 1.82) is 0 Å². The zero-order valence-corrected chi connectivity index (χ0v) is 23.0. The number of piperazine rings is 1. The third kappa shape index (κ3) is 5.91. The smallest absolute Gasteiger partial charge is 0.137 e. The summed E-state index contributed by atoms with van der Waals surface area (Å²) in [6, 6.07) is 16.6. The van der Waals surface area contributed by atoms with Crippen LogP contribution in [0.2, 0.25) is 0 Å². The lowest BCUT2D eigenvalue weighted by Gasteiger charge is -2.36. The number of anilines is 1. The van der Waals surface area contributed by atoms with Crippen molar-refractivity contribution in [2.75, 3.05) is 37.6 Å². The molecule has 5 nitrogen and oxygen atoms in total. The molecule has 3 aromatic rings. The van der Waals surface area contributed by atoms with E-state index in [1.54, 1.807) is 12.1 Å². The summed E-state index contributed by atoms with van der Waals surface area (Å²) in [6.45, 7) is 15.9. The van der Waals surface area contributed by atoms with Crippen molar-refractivity contribution in [2.45, 2.75) is 72.0 Å². The van der Waals surface area contributed by atoms with E-state index in [1.807, 2.05) is 12.1 Å². The highest BCUT2D eigenvalue weighted by atomic mass is 19.1. The third-order valence-electron chi connectivity index (χ3n) is 8.02. The van der Waals surface area contributed by atoms with Crippen LogP contribution in [0, 0.1) is 5.82 Å². The Balaban J connectivity index is 1.49. The van der Waals surface area contributed by atoms with E-state index in [9.17, 15) is 4.39 Å². The molecular formula is C31H42FN5. The number of halogens is 1. The van der Waals surface area contributed by atoms with Crippen molar-refractivity contribution in [1.82, 2.24) is 19.6 Å². The number of hydrogen-bond donors (Lipinski definition) is 0. The monoisotopic (exact) mass is 503 g/mol. The molecular weight excluding hydrogens is 461 g/mol. The molecule has 1 saturated carbocycles. The van der Waals surface area contributed by atoms with Crippen molar-refractivity contribution in [3.8, 4) is 5.69 Å². The molecule has 37 heavy (non-hydrogen) atoms. The Morgan fingerprint density at radius 3 is 2.16 bits per heavy atom. The average Bonchev–Trinajstić information content (AvgIpc) is 3.71. The first kappa shape index (κ1) is 25.9. The first-order valence-electron chi connectivity index (χ1n) is 14.1. The zero-order chi connectivity index (χ0) is 25.9. The molecule has 0 radical (unpaired) electrons. The first-order valence-corrected chi connectivity index (χ1v) is 14.1. The lowest BCUT2D eigenvalue weighted by molar-refractivity contribution is 0.244. The molecule has 1 saturated heterocycles. The van der Waals surface area contributed by atoms with Crippen LogP contribution in [0.4, 0.5) is 10.2 Å². The first-order chi connectivity index (χ1) is 18.0. The minimum absolute atomic E-state index is 0.214. The summed E-state index contributed by atoms with van der Waals surface area (Å²) in [4.78, 5) is 7.67. The van der Waals surface area contributed by atoms with Crippen LogP contribution in [-0.4, -0.2) is 58.3 Å². The molecule has 5 rings (SSSR count). The summed E-state index contributed by atoms with van der Waals surface area (Å²) in [5.74, 6) is 1.53. The predicted molar refractivity (Wildman–Crippen MR) is 150 cm³/mol. The van der Waals surface area contributed by atoms with Gasteiger partial charge in [-0.15, -0.1) is 0 Å². The number of rotatable bonds is 10. The fourth-order valence-corrected chi connectivity index (χ4v) is 5.49. The molecule has 2 fully saturated rings. The van der Waals surface area contributed by atoms with Crippen LogP contribution in [0.5, 0.6) is 0 Å². The van der Waals surface area contributed by atoms with E-state index >= 15 is 0 Å². The Hall–Kier alpha value is -2.70. The molecule has 1 aromatic heterocycles. The fraction of sp³-hybridized carbons (Fsp3) is 0.516. The molecule has 0 bridgehead atoms. The SMILES string of the molecule is CCc1nn(-c2ccc(F)cc2)c(N2CCN(CC)CC2)c1CN(Cc1ccc(C(C)C)cc1)C1CC1. The predicted octanol–water partition coefficient (Wildman–Crippen LogP) is 6.00. The van der Waals surface area contributed by atoms with Gasteiger partial charge in [0.05, 0.1) is 11.4 Å². The Bertz CT molecular complexity index is 1160. The standard InChI is InChI=1S/C31H42FN5/c1-5-30-29(22-36(27-15-16-27)21-24-7-9-25(10-8-24)23(3)4)31(35-19-17-34(6-2)18-20-35)37(33-30)28-13-11-26(32)12-14-28/h7-14,23,27H,5-6,15-22H2,1-4H3. The van der Waals surface area contributed by atoms with Gasteiger partial charge < -0.3 is 9.80 Å². The van der Waals surface area contributed by atoms with Gasteiger partial charge in [0.2, 0.25) is 0 Å². The highest BCUT2D eigenvalue weighted by molar-refractivity contribution is 5.56. The molecule has 2 heterocycles. The summed E-state index contributed by atoms with van der Waals surface area (Å²) in [7, 11) is 0. The minimum atomic E-state index is -0.214. The number of hydrogen-bond acceptors (Lipinski definition) is 4. The van der Waals surface area contributed by atoms with E-state index in [-0.39, 0.29) is 5.82 Å². The molecule has 0 amide bonds. The normalized spacial score (nSPS) is 16.8. The van der Waals surface area contributed by atoms with Gasteiger partial charge in [0.25, 0.3) is 0 Å². The maximum atomic E-state index is 13.8. The Kier molecular flexibility index (Phi) is 7.96. The Morgan fingerprint density at radius 1 is 0.919 bits per heavy atom. The lowest BCUT2D eigenvalue weighted by Crippen LogP contribution is -2.47. The van der Waals surface area contributed by atoms with E-state index in [2.05, 4.69) is 71.3 Å². The van der Waals surface area contributed by atoms with Crippen LogP contribution in [0.3, 0.4) is 0 Å². The zero-order valence-electron chi connectivity index (χ0n) is 23.0. The summed E-state index contributed by atoms with van der Waals surface area (Å²) >= 11 is 0. The molecule has 0 atom stereocenters. The second-order valence-electron chi connectivity index (χ2n) is 10.9. The van der Waals surface area contributed by atoms with Gasteiger partial charge in [0.1, 0.15) is 11.6 Å². The summed E-state index contributed by atoms with van der Waals surface area (Å²) in [6.07, 6.45) is 3.41. The quantitative estimate of drug-likeness (QED) is 0.339. The molecule has 6 heteroatoms. The molecule has 2 aromatic carbocycles. The van der Waals surface area contributed by atoms with Gasteiger partial charge in [-0.1, -0.05) is 52.0 Å². The van der Waals surface area contributed by atoms with Crippen molar-refractivity contribution in [3.05, 3.63) is 76.7 Å². The number of benzene rings is 2.